The van der Waals surface area contributed by atoms with Crippen LogP contribution in [-0.4, -0.2) is 25.0 Å². The van der Waals surface area contributed by atoms with E-state index in [0.29, 0.717) is 22.7 Å². The summed E-state index contributed by atoms with van der Waals surface area (Å²) in [6, 6.07) is 4.58. The molecular weight excluding hydrogens is 238 g/mol. The molecule has 0 aliphatic carbocycles. The van der Waals surface area contributed by atoms with Crippen molar-refractivity contribution in [2.45, 2.75) is 19.9 Å². The zero-order chi connectivity index (χ0) is 12.4. The maximum absolute atomic E-state index is 9.79. The van der Waals surface area contributed by atoms with E-state index < -0.39 is 0 Å². The third kappa shape index (κ3) is 2.03. The number of hydrogen-bond donors (Lipinski definition) is 3. The SMILES string of the molecule is CCCn1c(-c2c(O)cccc2O)n[nH]c1=S. The van der Waals surface area contributed by atoms with Gasteiger partial charge in [-0.1, -0.05) is 13.0 Å². The summed E-state index contributed by atoms with van der Waals surface area (Å²) in [6.07, 6.45) is 0.884. The van der Waals surface area contributed by atoms with E-state index >= 15 is 0 Å². The van der Waals surface area contributed by atoms with Gasteiger partial charge in [0.25, 0.3) is 0 Å². The Morgan fingerprint density at radius 3 is 2.59 bits per heavy atom. The Morgan fingerprint density at radius 2 is 2.00 bits per heavy atom. The molecule has 6 heteroatoms. The van der Waals surface area contributed by atoms with Gasteiger partial charge in [-0.15, -0.1) is 0 Å². The summed E-state index contributed by atoms with van der Waals surface area (Å²) < 4.78 is 2.23. The molecule has 0 unspecified atom stereocenters. The van der Waals surface area contributed by atoms with Gasteiger partial charge in [-0.2, -0.15) is 5.10 Å². The monoisotopic (exact) mass is 251 g/mol. The smallest absolute Gasteiger partial charge is 0.195 e. The average Bonchev–Trinajstić information content (AvgIpc) is 2.62. The second-order valence-electron chi connectivity index (χ2n) is 3.68. The van der Waals surface area contributed by atoms with E-state index in [2.05, 4.69) is 10.2 Å². The van der Waals surface area contributed by atoms with Crippen molar-refractivity contribution in [1.29, 1.82) is 0 Å². The van der Waals surface area contributed by atoms with Crippen molar-refractivity contribution in [3.63, 3.8) is 0 Å². The van der Waals surface area contributed by atoms with Gasteiger partial charge in [-0.25, -0.2) is 0 Å². The fourth-order valence-corrected chi connectivity index (χ4v) is 1.92. The molecule has 0 amide bonds. The van der Waals surface area contributed by atoms with Crippen LogP contribution in [-0.2, 0) is 6.54 Å². The number of phenols is 2. The highest BCUT2D eigenvalue weighted by Crippen LogP contribution is 2.35. The molecule has 0 saturated heterocycles. The molecule has 5 nitrogen and oxygen atoms in total. The first-order valence-electron chi connectivity index (χ1n) is 5.31. The molecule has 0 aliphatic heterocycles. The molecule has 1 aromatic heterocycles. The van der Waals surface area contributed by atoms with E-state index in [9.17, 15) is 10.2 Å². The molecule has 0 saturated carbocycles. The summed E-state index contributed by atoms with van der Waals surface area (Å²) in [7, 11) is 0. The summed E-state index contributed by atoms with van der Waals surface area (Å²) in [6.45, 7) is 2.70. The second-order valence-corrected chi connectivity index (χ2v) is 4.06. The standard InChI is InChI=1S/C11H13N3O2S/c1-2-6-14-10(12-13-11(14)17)9-7(15)4-3-5-8(9)16/h3-5,15-16H,2,6H2,1H3,(H,13,17). The minimum Gasteiger partial charge on any atom is -0.507 e. The van der Waals surface area contributed by atoms with Crippen molar-refractivity contribution in [2.24, 2.45) is 0 Å². The molecular formula is C11H13N3O2S. The molecule has 0 spiro atoms. The van der Waals surface area contributed by atoms with Crippen LogP contribution in [0, 0.1) is 4.77 Å². The van der Waals surface area contributed by atoms with Crippen LogP contribution in [0.4, 0.5) is 0 Å². The Morgan fingerprint density at radius 1 is 1.35 bits per heavy atom. The normalized spacial score (nSPS) is 10.6. The number of rotatable bonds is 3. The van der Waals surface area contributed by atoms with Gasteiger partial charge in [-0.3, -0.25) is 9.67 Å². The number of benzene rings is 1. The number of aromatic hydroxyl groups is 2. The van der Waals surface area contributed by atoms with Crippen LogP contribution in [0.15, 0.2) is 18.2 Å². The Labute approximate surface area is 103 Å². The predicted molar refractivity (Wildman–Crippen MR) is 66.5 cm³/mol. The zero-order valence-electron chi connectivity index (χ0n) is 9.34. The number of aromatic nitrogens is 3. The van der Waals surface area contributed by atoms with Crippen LogP contribution >= 0.6 is 12.2 Å². The average molecular weight is 251 g/mol. The van der Waals surface area contributed by atoms with Crippen LogP contribution in [0.5, 0.6) is 11.5 Å². The van der Waals surface area contributed by atoms with Crippen molar-refractivity contribution in [3.05, 3.63) is 23.0 Å². The van der Waals surface area contributed by atoms with E-state index in [4.69, 9.17) is 12.2 Å². The van der Waals surface area contributed by atoms with Gasteiger partial charge in [0.15, 0.2) is 10.6 Å². The minimum atomic E-state index is -0.0173. The summed E-state index contributed by atoms with van der Waals surface area (Å²) in [5.41, 5.74) is 0.299. The molecule has 1 aromatic carbocycles. The molecule has 3 N–H and O–H groups in total. The maximum Gasteiger partial charge on any atom is 0.195 e. The lowest BCUT2D eigenvalue weighted by molar-refractivity contribution is 0.452. The zero-order valence-corrected chi connectivity index (χ0v) is 10.2. The van der Waals surface area contributed by atoms with E-state index in [1.165, 1.54) is 12.1 Å². The molecule has 0 radical (unpaired) electrons. The maximum atomic E-state index is 9.79. The molecule has 2 rings (SSSR count). The highest BCUT2D eigenvalue weighted by Gasteiger charge is 2.16. The van der Waals surface area contributed by atoms with Gasteiger partial charge < -0.3 is 10.2 Å². The number of aromatic amines is 1. The topological polar surface area (TPSA) is 74.1 Å². The number of hydrogen-bond acceptors (Lipinski definition) is 4. The second kappa shape index (κ2) is 4.58. The van der Waals surface area contributed by atoms with Crippen molar-refractivity contribution < 1.29 is 10.2 Å². The minimum absolute atomic E-state index is 0.0173. The molecule has 2 aromatic rings. The van der Waals surface area contributed by atoms with Gasteiger partial charge in [0.2, 0.25) is 0 Å². The summed E-state index contributed by atoms with van der Waals surface area (Å²) >= 11 is 5.11. The van der Waals surface area contributed by atoms with Gasteiger partial charge in [0.05, 0.1) is 0 Å². The fourth-order valence-electron chi connectivity index (χ4n) is 1.70. The molecule has 0 fully saturated rings. The quantitative estimate of drug-likeness (QED) is 0.732. The molecule has 90 valence electrons. The van der Waals surface area contributed by atoms with E-state index in [1.54, 1.807) is 10.6 Å². The largest absolute Gasteiger partial charge is 0.507 e. The number of nitrogens with zero attached hydrogens (tertiary/aromatic N) is 2. The van der Waals surface area contributed by atoms with Crippen LogP contribution < -0.4 is 0 Å². The molecule has 0 aliphatic rings. The molecule has 0 bridgehead atoms. The van der Waals surface area contributed by atoms with E-state index in [0.717, 1.165) is 6.42 Å². The first-order chi connectivity index (χ1) is 8.15. The first kappa shape index (κ1) is 11.7. The Kier molecular flexibility index (Phi) is 3.14. The predicted octanol–water partition coefficient (Wildman–Crippen LogP) is 2.43. The van der Waals surface area contributed by atoms with Crippen molar-refractivity contribution in [2.75, 3.05) is 0 Å². The van der Waals surface area contributed by atoms with Gasteiger partial charge >= 0.3 is 0 Å². The van der Waals surface area contributed by atoms with Gasteiger partial charge in [0.1, 0.15) is 17.1 Å². The van der Waals surface area contributed by atoms with Crippen molar-refractivity contribution in [1.82, 2.24) is 14.8 Å². The number of nitrogens with one attached hydrogen (secondary N) is 1. The van der Waals surface area contributed by atoms with Crippen LogP contribution in [0.2, 0.25) is 0 Å². The molecule has 1 heterocycles. The lowest BCUT2D eigenvalue weighted by atomic mass is 10.1. The lowest BCUT2D eigenvalue weighted by Gasteiger charge is -2.08. The first-order valence-corrected chi connectivity index (χ1v) is 5.72. The van der Waals surface area contributed by atoms with Gasteiger partial charge in [0, 0.05) is 6.54 Å². The highest BCUT2D eigenvalue weighted by atomic mass is 32.1. The summed E-state index contributed by atoms with van der Waals surface area (Å²) in [5.74, 6) is 0.417. The van der Waals surface area contributed by atoms with E-state index in [-0.39, 0.29) is 11.5 Å². The van der Waals surface area contributed by atoms with Crippen LogP contribution in [0.25, 0.3) is 11.4 Å². The molecule has 0 atom stereocenters. The Hall–Kier alpha value is -1.82. The lowest BCUT2D eigenvalue weighted by Crippen LogP contribution is -2.00. The summed E-state index contributed by atoms with van der Waals surface area (Å²) in [4.78, 5) is 0. The third-order valence-electron chi connectivity index (χ3n) is 2.45. The van der Waals surface area contributed by atoms with Crippen LogP contribution in [0.1, 0.15) is 13.3 Å². The van der Waals surface area contributed by atoms with Crippen LogP contribution in [0.3, 0.4) is 0 Å². The van der Waals surface area contributed by atoms with Gasteiger partial charge in [-0.05, 0) is 30.8 Å². The fraction of sp³-hybridized carbons (Fsp3) is 0.273. The highest BCUT2D eigenvalue weighted by molar-refractivity contribution is 7.71. The Balaban J connectivity index is 2.65. The Bertz CT molecular complexity index is 568. The van der Waals surface area contributed by atoms with E-state index in [1.807, 2.05) is 6.92 Å². The third-order valence-corrected chi connectivity index (χ3v) is 2.76. The van der Waals surface area contributed by atoms with Crippen molar-refractivity contribution >= 4 is 12.2 Å². The number of phenolic OH excluding ortho intramolecular Hbond substituents is 2. The number of H-pyrrole nitrogens is 1. The van der Waals surface area contributed by atoms with Crippen molar-refractivity contribution in [3.8, 4) is 22.9 Å². The molecule has 17 heavy (non-hydrogen) atoms. The summed E-state index contributed by atoms with van der Waals surface area (Å²) in [5, 5.41) is 26.3.